The minimum Gasteiger partial charge on any atom is -0.472 e. The Balaban J connectivity index is 1.75. The van der Waals surface area contributed by atoms with Crippen molar-refractivity contribution in [1.82, 2.24) is 5.32 Å². The van der Waals surface area contributed by atoms with Gasteiger partial charge >= 0.3 is 5.97 Å². The second-order valence-electron chi connectivity index (χ2n) is 5.60. The lowest BCUT2D eigenvalue weighted by atomic mass is 9.94. The van der Waals surface area contributed by atoms with Gasteiger partial charge in [-0.25, -0.2) is 4.79 Å². The lowest BCUT2D eigenvalue weighted by Crippen LogP contribution is -2.41. The van der Waals surface area contributed by atoms with E-state index in [1.54, 1.807) is 12.1 Å². The van der Waals surface area contributed by atoms with Crippen LogP contribution < -0.4 is 5.32 Å². The van der Waals surface area contributed by atoms with Crippen molar-refractivity contribution in [1.29, 1.82) is 0 Å². The van der Waals surface area contributed by atoms with Crippen LogP contribution in [0.2, 0.25) is 0 Å². The van der Waals surface area contributed by atoms with Crippen LogP contribution in [0.3, 0.4) is 0 Å². The average molecular weight is 371 g/mol. The van der Waals surface area contributed by atoms with Crippen LogP contribution >= 0.6 is 11.3 Å². The van der Waals surface area contributed by atoms with Crippen molar-refractivity contribution in [2.24, 2.45) is 0 Å². The first-order valence-corrected chi connectivity index (χ1v) is 8.68. The second kappa shape index (κ2) is 7.55. The van der Waals surface area contributed by atoms with Crippen molar-refractivity contribution in [3.63, 3.8) is 0 Å². The number of nitrogens with one attached hydrogen (secondary N) is 1. The third-order valence-electron chi connectivity index (χ3n) is 4.00. The maximum atomic E-state index is 12.4. The van der Waals surface area contributed by atoms with Crippen molar-refractivity contribution < 1.29 is 23.8 Å². The highest BCUT2D eigenvalue weighted by molar-refractivity contribution is 7.10. The van der Waals surface area contributed by atoms with Crippen molar-refractivity contribution in [2.75, 3.05) is 13.7 Å². The molecule has 2 heterocycles. The quantitative estimate of drug-likeness (QED) is 0.651. The highest BCUT2D eigenvalue weighted by atomic mass is 32.1. The molecule has 0 spiro atoms. The normalized spacial score (nSPS) is 13.0. The number of furan rings is 1. The number of carbonyl (C=O) groups is 2. The molecule has 0 fully saturated rings. The molecular formula is C19H17NO5S. The molecule has 2 aromatic heterocycles. The van der Waals surface area contributed by atoms with Gasteiger partial charge in [0, 0.05) is 16.0 Å². The fourth-order valence-corrected chi connectivity index (χ4v) is 3.38. The Morgan fingerprint density at radius 3 is 2.50 bits per heavy atom. The van der Waals surface area contributed by atoms with E-state index in [1.807, 2.05) is 11.4 Å². The minimum absolute atomic E-state index is 0.0232. The molecule has 0 aliphatic heterocycles. The SMILES string of the molecule is COC(=O)c1ccc(C(=O)NC[C@@](O)(c2ccoc2)c2cccs2)cc1. The zero-order valence-corrected chi connectivity index (χ0v) is 14.8. The van der Waals surface area contributed by atoms with Gasteiger partial charge < -0.3 is 19.6 Å². The first kappa shape index (κ1) is 17.9. The monoisotopic (exact) mass is 371 g/mol. The van der Waals surface area contributed by atoms with Gasteiger partial charge in [-0.05, 0) is 41.8 Å². The molecule has 3 rings (SSSR count). The number of amides is 1. The highest BCUT2D eigenvalue weighted by Gasteiger charge is 2.34. The van der Waals surface area contributed by atoms with Crippen molar-refractivity contribution in [3.05, 3.63) is 81.9 Å². The molecule has 1 aromatic carbocycles. The van der Waals surface area contributed by atoms with Crippen molar-refractivity contribution in [2.45, 2.75) is 5.60 Å². The van der Waals surface area contributed by atoms with E-state index in [2.05, 4.69) is 10.1 Å². The summed E-state index contributed by atoms with van der Waals surface area (Å²) in [6, 6.07) is 11.4. The predicted molar refractivity (Wildman–Crippen MR) is 96.1 cm³/mol. The third-order valence-corrected chi connectivity index (χ3v) is 5.02. The standard InChI is InChI=1S/C19H17NO5S/c1-24-18(22)14-6-4-13(5-7-14)17(21)20-12-19(23,15-8-9-25-11-15)16-3-2-10-26-16/h2-11,23H,12H2,1H3,(H,20,21)/t19-/m1/s1. The summed E-state index contributed by atoms with van der Waals surface area (Å²) in [5.41, 5.74) is -0.0971. The number of ether oxygens (including phenoxy) is 1. The van der Waals surface area contributed by atoms with Gasteiger partial charge in [-0.15, -0.1) is 11.3 Å². The first-order chi connectivity index (χ1) is 12.5. The maximum Gasteiger partial charge on any atom is 0.337 e. The average Bonchev–Trinajstić information content (AvgIpc) is 3.39. The third kappa shape index (κ3) is 3.54. The smallest absolute Gasteiger partial charge is 0.337 e. The molecule has 0 aliphatic rings. The first-order valence-electron chi connectivity index (χ1n) is 7.80. The number of thiophene rings is 1. The molecule has 0 unspecified atom stereocenters. The molecule has 26 heavy (non-hydrogen) atoms. The van der Waals surface area contributed by atoms with Crippen molar-refractivity contribution in [3.8, 4) is 0 Å². The number of rotatable bonds is 6. The molecule has 0 saturated carbocycles. The predicted octanol–water partition coefficient (Wildman–Crippen LogP) is 2.79. The summed E-state index contributed by atoms with van der Waals surface area (Å²) in [5, 5.41) is 15.7. The number of hydrogen-bond donors (Lipinski definition) is 2. The largest absolute Gasteiger partial charge is 0.472 e. The van der Waals surface area contributed by atoms with E-state index in [0.29, 0.717) is 21.6 Å². The van der Waals surface area contributed by atoms with Gasteiger partial charge in [0.15, 0.2) is 0 Å². The van der Waals surface area contributed by atoms with E-state index in [4.69, 9.17) is 4.42 Å². The maximum absolute atomic E-state index is 12.4. The van der Waals surface area contributed by atoms with Gasteiger partial charge in [0.25, 0.3) is 5.91 Å². The topological polar surface area (TPSA) is 88.8 Å². The van der Waals surface area contributed by atoms with Gasteiger partial charge in [0.05, 0.1) is 31.7 Å². The molecule has 7 heteroatoms. The zero-order chi connectivity index (χ0) is 18.6. The summed E-state index contributed by atoms with van der Waals surface area (Å²) in [6.45, 7) is -0.0232. The number of carbonyl (C=O) groups excluding carboxylic acids is 2. The Hall–Kier alpha value is -2.90. The molecule has 1 amide bonds. The van der Waals surface area contributed by atoms with E-state index >= 15 is 0 Å². The Labute approximate surface area is 154 Å². The number of esters is 1. The molecule has 0 radical (unpaired) electrons. The Bertz CT molecular complexity index is 835. The number of methoxy groups -OCH3 is 1. The van der Waals surface area contributed by atoms with Crippen LogP contribution in [-0.4, -0.2) is 30.6 Å². The molecule has 6 nitrogen and oxygen atoms in total. The molecule has 2 N–H and O–H groups in total. The minimum atomic E-state index is -1.39. The molecule has 134 valence electrons. The van der Waals surface area contributed by atoms with E-state index in [1.165, 1.54) is 55.2 Å². The van der Waals surface area contributed by atoms with E-state index in [-0.39, 0.29) is 12.5 Å². The molecule has 0 aliphatic carbocycles. The summed E-state index contributed by atoms with van der Waals surface area (Å²) < 4.78 is 9.72. The molecule has 0 bridgehead atoms. The zero-order valence-electron chi connectivity index (χ0n) is 14.0. The van der Waals surface area contributed by atoms with Crippen LogP contribution in [0.15, 0.2) is 64.8 Å². The van der Waals surface area contributed by atoms with E-state index in [0.717, 1.165) is 0 Å². The molecular weight excluding hydrogens is 354 g/mol. The van der Waals surface area contributed by atoms with Crippen LogP contribution in [0.1, 0.15) is 31.2 Å². The van der Waals surface area contributed by atoms with Crippen LogP contribution in [0.5, 0.6) is 0 Å². The van der Waals surface area contributed by atoms with Crippen LogP contribution in [0, 0.1) is 0 Å². The van der Waals surface area contributed by atoms with E-state index < -0.39 is 11.6 Å². The van der Waals surface area contributed by atoms with Gasteiger partial charge in [0.2, 0.25) is 0 Å². The summed E-state index contributed by atoms with van der Waals surface area (Å²) in [5.74, 6) is -0.830. The summed E-state index contributed by atoms with van der Waals surface area (Å²) >= 11 is 1.39. The van der Waals surface area contributed by atoms with Gasteiger partial charge in [-0.3, -0.25) is 4.79 Å². The second-order valence-corrected chi connectivity index (χ2v) is 6.55. The van der Waals surface area contributed by atoms with Crippen LogP contribution in [0.25, 0.3) is 0 Å². The molecule has 0 saturated heterocycles. The highest BCUT2D eigenvalue weighted by Crippen LogP contribution is 2.32. The fraction of sp³-hybridized carbons (Fsp3) is 0.158. The van der Waals surface area contributed by atoms with Gasteiger partial charge in [-0.1, -0.05) is 6.07 Å². The molecule has 1 atom stereocenters. The fourth-order valence-electron chi connectivity index (χ4n) is 2.53. The molecule has 3 aromatic rings. The summed E-state index contributed by atoms with van der Waals surface area (Å²) in [4.78, 5) is 24.6. The Kier molecular flexibility index (Phi) is 5.20. The summed E-state index contributed by atoms with van der Waals surface area (Å²) in [6.07, 6.45) is 2.93. The lowest BCUT2D eigenvalue weighted by Gasteiger charge is -2.26. The van der Waals surface area contributed by atoms with Crippen LogP contribution in [0.4, 0.5) is 0 Å². The number of benzene rings is 1. The van der Waals surface area contributed by atoms with E-state index in [9.17, 15) is 14.7 Å². The Morgan fingerprint density at radius 1 is 1.19 bits per heavy atom. The number of aliphatic hydroxyl groups is 1. The van der Waals surface area contributed by atoms with Crippen molar-refractivity contribution >= 4 is 23.2 Å². The lowest BCUT2D eigenvalue weighted by molar-refractivity contribution is 0.0600. The summed E-state index contributed by atoms with van der Waals surface area (Å²) in [7, 11) is 1.30. The Morgan fingerprint density at radius 2 is 1.92 bits per heavy atom. The van der Waals surface area contributed by atoms with Gasteiger partial charge in [0.1, 0.15) is 5.60 Å². The number of hydrogen-bond acceptors (Lipinski definition) is 6. The van der Waals surface area contributed by atoms with Crippen LogP contribution in [-0.2, 0) is 10.3 Å². The van der Waals surface area contributed by atoms with Gasteiger partial charge in [-0.2, -0.15) is 0 Å².